The number of nitrogens with one attached hydrogen (secondary N) is 1. The molecule has 1 amide bonds. The largest absolute Gasteiger partial charge is 0.342 e. The molecule has 0 radical (unpaired) electrons. The molecule has 0 unspecified atom stereocenters. The van der Waals surface area contributed by atoms with Gasteiger partial charge in [0.1, 0.15) is 0 Å². The molecular weight excluding hydrogens is 314 g/mol. The zero-order valence-corrected chi connectivity index (χ0v) is 14.4. The van der Waals surface area contributed by atoms with Gasteiger partial charge < -0.3 is 5.32 Å². The standard InChI is InChI=1S/C21H21NOS/c23-20(16-9-3-1-4-10-16)22-21(13-7-2-8-14-21)19-15-17-11-5-6-12-18(17)24-19/h1,3-6,9-12,15H,2,7-8,13-14H2,(H,22,23). The van der Waals surface area contributed by atoms with Crippen LogP contribution in [0.3, 0.4) is 0 Å². The number of hydrogen-bond donors (Lipinski definition) is 1. The molecule has 0 aliphatic heterocycles. The molecule has 3 heteroatoms. The molecule has 1 saturated carbocycles. The third-order valence-corrected chi connectivity index (χ3v) is 6.31. The fraction of sp³-hybridized carbons (Fsp3) is 0.286. The molecule has 1 fully saturated rings. The quantitative estimate of drug-likeness (QED) is 0.673. The second-order valence-electron chi connectivity index (χ2n) is 6.61. The van der Waals surface area contributed by atoms with Gasteiger partial charge in [-0.1, -0.05) is 55.7 Å². The molecule has 122 valence electrons. The maximum absolute atomic E-state index is 12.8. The highest BCUT2D eigenvalue weighted by molar-refractivity contribution is 7.19. The summed E-state index contributed by atoms with van der Waals surface area (Å²) in [5.41, 5.74) is 0.526. The molecular formula is C21H21NOS. The van der Waals surface area contributed by atoms with E-state index in [1.165, 1.54) is 34.2 Å². The molecule has 2 aromatic carbocycles. The van der Waals surface area contributed by atoms with Crippen molar-refractivity contribution in [2.45, 2.75) is 37.6 Å². The highest BCUT2D eigenvalue weighted by Gasteiger charge is 2.37. The molecule has 24 heavy (non-hydrogen) atoms. The molecule has 0 saturated heterocycles. The topological polar surface area (TPSA) is 29.1 Å². The molecule has 0 bridgehead atoms. The van der Waals surface area contributed by atoms with Crippen LogP contribution in [0.15, 0.2) is 60.7 Å². The second kappa shape index (κ2) is 6.40. The molecule has 0 atom stereocenters. The zero-order chi connectivity index (χ0) is 16.4. The first-order valence-corrected chi connectivity index (χ1v) is 9.45. The first-order valence-electron chi connectivity index (χ1n) is 8.63. The summed E-state index contributed by atoms with van der Waals surface area (Å²) in [6, 6.07) is 20.3. The number of fused-ring (bicyclic) bond motifs is 1. The van der Waals surface area contributed by atoms with E-state index in [2.05, 4.69) is 35.6 Å². The lowest BCUT2D eigenvalue weighted by atomic mass is 9.80. The minimum atomic E-state index is -0.213. The lowest BCUT2D eigenvalue weighted by Gasteiger charge is -2.37. The molecule has 1 heterocycles. The van der Waals surface area contributed by atoms with Gasteiger partial charge in [0.25, 0.3) is 5.91 Å². The highest BCUT2D eigenvalue weighted by Crippen LogP contribution is 2.42. The fourth-order valence-electron chi connectivity index (χ4n) is 3.69. The molecule has 2 nitrogen and oxygen atoms in total. The van der Waals surface area contributed by atoms with Crippen LogP contribution in [0.25, 0.3) is 10.1 Å². The summed E-state index contributed by atoms with van der Waals surface area (Å²) in [7, 11) is 0. The Balaban J connectivity index is 1.71. The summed E-state index contributed by atoms with van der Waals surface area (Å²) in [6.45, 7) is 0. The number of rotatable bonds is 3. The first kappa shape index (κ1) is 15.4. The molecule has 1 aliphatic carbocycles. The first-order chi connectivity index (χ1) is 11.8. The van der Waals surface area contributed by atoms with E-state index in [0.29, 0.717) is 0 Å². The molecule has 4 rings (SSSR count). The van der Waals surface area contributed by atoms with Crippen LogP contribution in [0, 0.1) is 0 Å². The van der Waals surface area contributed by atoms with Crippen LogP contribution in [0.5, 0.6) is 0 Å². The molecule has 1 aliphatic rings. The number of hydrogen-bond acceptors (Lipinski definition) is 2. The van der Waals surface area contributed by atoms with Gasteiger partial charge in [0.2, 0.25) is 0 Å². The van der Waals surface area contributed by atoms with E-state index in [-0.39, 0.29) is 11.4 Å². The van der Waals surface area contributed by atoms with E-state index in [0.717, 1.165) is 18.4 Å². The Morgan fingerprint density at radius 2 is 1.62 bits per heavy atom. The van der Waals surface area contributed by atoms with Crippen LogP contribution in [-0.4, -0.2) is 5.91 Å². The van der Waals surface area contributed by atoms with Crippen molar-refractivity contribution in [3.8, 4) is 0 Å². The number of benzene rings is 2. The Hall–Kier alpha value is -2.13. The average molecular weight is 335 g/mol. The van der Waals surface area contributed by atoms with E-state index < -0.39 is 0 Å². The van der Waals surface area contributed by atoms with Gasteiger partial charge in [0.05, 0.1) is 5.54 Å². The maximum atomic E-state index is 12.8. The highest BCUT2D eigenvalue weighted by atomic mass is 32.1. The second-order valence-corrected chi connectivity index (χ2v) is 7.70. The lowest BCUT2D eigenvalue weighted by molar-refractivity contribution is 0.0869. The van der Waals surface area contributed by atoms with Crippen LogP contribution >= 0.6 is 11.3 Å². The smallest absolute Gasteiger partial charge is 0.251 e. The molecule has 1 N–H and O–H groups in total. The summed E-state index contributed by atoms with van der Waals surface area (Å²) in [5, 5.41) is 4.67. The summed E-state index contributed by atoms with van der Waals surface area (Å²) < 4.78 is 1.30. The SMILES string of the molecule is O=C(NC1(c2cc3ccccc3s2)CCCCC1)c1ccccc1. The Morgan fingerprint density at radius 3 is 2.38 bits per heavy atom. The van der Waals surface area contributed by atoms with E-state index in [1.54, 1.807) is 0 Å². The molecule has 1 aromatic heterocycles. The Morgan fingerprint density at radius 1 is 0.917 bits per heavy atom. The van der Waals surface area contributed by atoms with Crippen molar-refractivity contribution in [2.75, 3.05) is 0 Å². The summed E-state index contributed by atoms with van der Waals surface area (Å²) >= 11 is 1.83. The average Bonchev–Trinajstić information content (AvgIpc) is 3.08. The summed E-state index contributed by atoms with van der Waals surface area (Å²) in [5.74, 6) is 0.0370. The monoisotopic (exact) mass is 335 g/mol. The maximum Gasteiger partial charge on any atom is 0.251 e. The van der Waals surface area contributed by atoms with Gasteiger partial charge in [-0.15, -0.1) is 11.3 Å². The van der Waals surface area contributed by atoms with Crippen molar-refractivity contribution < 1.29 is 4.79 Å². The van der Waals surface area contributed by atoms with Crippen molar-refractivity contribution in [3.05, 3.63) is 71.1 Å². The van der Waals surface area contributed by atoms with Crippen LogP contribution < -0.4 is 5.32 Å². The van der Waals surface area contributed by atoms with E-state index in [9.17, 15) is 4.79 Å². The Kier molecular flexibility index (Phi) is 4.11. The van der Waals surface area contributed by atoms with Crippen molar-refractivity contribution in [1.29, 1.82) is 0 Å². The van der Waals surface area contributed by atoms with Gasteiger partial charge in [-0.25, -0.2) is 0 Å². The van der Waals surface area contributed by atoms with Gasteiger partial charge >= 0.3 is 0 Å². The molecule has 0 spiro atoms. The van der Waals surface area contributed by atoms with Gasteiger partial charge in [-0.3, -0.25) is 4.79 Å². The third kappa shape index (κ3) is 2.84. The summed E-state index contributed by atoms with van der Waals surface area (Å²) in [6.07, 6.45) is 5.65. The Labute approximate surface area is 146 Å². The Bertz CT molecular complexity index is 813. The minimum Gasteiger partial charge on any atom is -0.342 e. The van der Waals surface area contributed by atoms with Gasteiger partial charge in [-0.2, -0.15) is 0 Å². The summed E-state index contributed by atoms with van der Waals surface area (Å²) in [4.78, 5) is 14.1. The van der Waals surface area contributed by atoms with E-state index in [4.69, 9.17) is 0 Å². The molecule has 3 aromatic rings. The van der Waals surface area contributed by atoms with Gasteiger partial charge in [-0.05, 0) is 42.5 Å². The van der Waals surface area contributed by atoms with Crippen LogP contribution in [0.1, 0.15) is 47.3 Å². The number of carbonyl (C=O) groups excluding carboxylic acids is 1. The van der Waals surface area contributed by atoms with Crippen molar-refractivity contribution >= 4 is 27.3 Å². The predicted molar refractivity (Wildman–Crippen MR) is 100 cm³/mol. The lowest BCUT2D eigenvalue weighted by Crippen LogP contribution is -2.46. The van der Waals surface area contributed by atoms with Crippen molar-refractivity contribution in [3.63, 3.8) is 0 Å². The van der Waals surface area contributed by atoms with Gasteiger partial charge in [0, 0.05) is 15.1 Å². The van der Waals surface area contributed by atoms with Crippen LogP contribution in [0.4, 0.5) is 0 Å². The van der Waals surface area contributed by atoms with E-state index in [1.807, 2.05) is 41.7 Å². The normalized spacial score (nSPS) is 16.8. The van der Waals surface area contributed by atoms with Gasteiger partial charge in [0.15, 0.2) is 0 Å². The van der Waals surface area contributed by atoms with Crippen LogP contribution in [0.2, 0.25) is 0 Å². The van der Waals surface area contributed by atoms with Crippen LogP contribution in [-0.2, 0) is 5.54 Å². The van der Waals surface area contributed by atoms with Crippen molar-refractivity contribution in [1.82, 2.24) is 5.32 Å². The number of thiophene rings is 1. The predicted octanol–water partition coefficient (Wildman–Crippen LogP) is 5.49. The number of carbonyl (C=O) groups is 1. The third-order valence-electron chi connectivity index (χ3n) is 4.99. The zero-order valence-electron chi connectivity index (χ0n) is 13.6. The fourth-order valence-corrected chi connectivity index (χ4v) is 4.95. The van der Waals surface area contributed by atoms with E-state index >= 15 is 0 Å². The van der Waals surface area contributed by atoms with Crippen molar-refractivity contribution in [2.24, 2.45) is 0 Å². The number of amides is 1. The minimum absolute atomic E-state index is 0.0370.